The Morgan fingerprint density at radius 3 is 2.53 bits per heavy atom. The topological polar surface area (TPSA) is 46.2 Å². The van der Waals surface area contributed by atoms with Crippen molar-refractivity contribution in [3.63, 3.8) is 0 Å². The number of Topliss-reactive ketones (excluding diaryl/α,β-unsaturated/α-hetero) is 1. The summed E-state index contributed by atoms with van der Waals surface area (Å²) in [5, 5.41) is 3.24. The summed E-state index contributed by atoms with van der Waals surface area (Å²) in [6, 6.07) is 0. The van der Waals surface area contributed by atoms with Crippen molar-refractivity contribution in [2.45, 2.75) is 38.9 Å². The Hall–Kier alpha value is -0.160. The van der Waals surface area contributed by atoms with Crippen molar-refractivity contribution < 1.29 is 9.59 Å². The lowest BCUT2D eigenvalue weighted by atomic mass is 10.2. The van der Waals surface area contributed by atoms with E-state index in [0.29, 0.717) is 18.2 Å². The quantitative estimate of drug-likeness (QED) is 0.529. The van der Waals surface area contributed by atoms with Crippen molar-refractivity contribution in [1.82, 2.24) is 5.32 Å². The van der Waals surface area contributed by atoms with Gasteiger partial charge in [0, 0.05) is 30.9 Å². The molecule has 0 radical (unpaired) electrons. The van der Waals surface area contributed by atoms with Crippen LogP contribution in [0.2, 0.25) is 0 Å². The maximum absolute atomic E-state index is 10.7. The van der Waals surface area contributed by atoms with Gasteiger partial charge in [0.2, 0.25) is 5.91 Å². The molecule has 0 aliphatic heterocycles. The second-order valence-corrected chi connectivity index (χ2v) is 6.38. The van der Waals surface area contributed by atoms with Gasteiger partial charge in [0.1, 0.15) is 5.78 Å². The standard InChI is InChI=1S/C10H19NO2S2/c1-8(12)4-5-9(2)15-14-7-6-11-10(3)13/h9H,4-7H2,1-3H3,(H,11,13). The number of amides is 1. The predicted molar refractivity (Wildman–Crippen MR) is 68.1 cm³/mol. The average molecular weight is 249 g/mol. The molecule has 1 atom stereocenters. The minimum absolute atomic E-state index is 0.0187. The first-order chi connectivity index (χ1) is 7.02. The highest BCUT2D eigenvalue weighted by Gasteiger charge is 2.04. The maximum Gasteiger partial charge on any atom is 0.216 e. The van der Waals surface area contributed by atoms with Gasteiger partial charge < -0.3 is 10.1 Å². The fourth-order valence-corrected chi connectivity index (χ4v) is 3.14. The molecule has 3 nitrogen and oxygen atoms in total. The summed E-state index contributed by atoms with van der Waals surface area (Å²) in [5.74, 6) is 1.19. The molecule has 88 valence electrons. The zero-order valence-electron chi connectivity index (χ0n) is 9.54. The maximum atomic E-state index is 10.7. The normalized spacial score (nSPS) is 12.2. The van der Waals surface area contributed by atoms with Gasteiger partial charge in [-0.2, -0.15) is 0 Å². The summed E-state index contributed by atoms with van der Waals surface area (Å²) < 4.78 is 0. The number of rotatable bonds is 8. The molecule has 0 heterocycles. The van der Waals surface area contributed by atoms with Crippen molar-refractivity contribution in [1.29, 1.82) is 0 Å². The first-order valence-corrected chi connectivity index (χ1v) is 7.42. The summed E-state index contributed by atoms with van der Waals surface area (Å²) in [6.07, 6.45) is 1.60. The molecular formula is C10H19NO2S2. The average Bonchev–Trinajstić information content (AvgIpc) is 2.13. The Kier molecular flexibility index (Phi) is 9.00. The summed E-state index contributed by atoms with van der Waals surface area (Å²) in [4.78, 5) is 21.3. The lowest BCUT2D eigenvalue weighted by molar-refractivity contribution is -0.119. The highest BCUT2D eigenvalue weighted by molar-refractivity contribution is 8.76. The molecule has 0 aromatic carbocycles. The van der Waals surface area contributed by atoms with Crippen molar-refractivity contribution in [2.24, 2.45) is 0 Å². The molecule has 1 amide bonds. The molecule has 1 unspecified atom stereocenters. The van der Waals surface area contributed by atoms with E-state index in [1.165, 1.54) is 6.92 Å². The molecule has 15 heavy (non-hydrogen) atoms. The molecule has 0 aliphatic rings. The third-order valence-corrected chi connectivity index (χ3v) is 4.66. The monoisotopic (exact) mass is 249 g/mol. The molecule has 0 saturated heterocycles. The Morgan fingerprint density at radius 1 is 1.33 bits per heavy atom. The number of hydrogen-bond acceptors (Lipinski definition) is 4. The van der Waals surface area contributed by atoms with E-state index in [0.717, 1.165) is 12.2 Å². The lowest BCUT2D eigenvalue weighted by Crippen LogP contribution is -2.22. The SMILES string of the molecule is CC(=O)CCC(C)SSCCNC(C)=O. The second kappa shape index (κ2) is 9.09. The van der Waals surface area contributed by atoms with Crippen LogP contribution in [-0.4, -0.2) is 29.2 Å². The minimum Gasteiger partial charge on any atom is -0.355 e. The number of nitrogens with one attached hydrogen (secondary N) is 1. The molecule has 0 rings (SSSR count). The highest BCUT2D eigenvalue weighted by Crippen LogP contribution is 2.28. The van der Waals surface area contributed by atoms with Gasteiger partial charge in [-0.1, -0.05) is 28.5 Å². The molecule has 0 aromatic rings. The van der Waals surface area contributed by atoms with Gasteiger partial charge in [-0.25, -0.2) is 0 Å². The number of hydrogen-bond donors (Lipinski definition) is 1. The van der Waals surface area contributed by atoms with Gasteiger partial charge in [-0.05, 0) is 13.3 Å². The van der Waals surface area contributed by atoms with Gasteiger partial charge in [0.05, 0.1) is 0 Å². The largest absolute Gasteiger partial charge is 0.355 e. The van der Waals surface area contributed by atoms with Crippen LogP contribution in [0.25, 0.3) is 0 Å². The summed E-state index contributed by atoms with van der Waals surface area (Å²) >= 11 is 0. The zero-order valence-corrected chi connectivity index (χ0v) is 11.2. The van der Waals surface area contributed by atoms with E-state index in [1.54, 1.807) is 28.5 Å². The Balaban J connectivity index is 3.27. The van der Waals surface area contributed by atoms with Crippen LogP contribution >= 0.6 is 21.6 Å². The van der Waals surface area contributed by atoms with E-state index in [-0.39, 0.29) is 11.7 Å². The van der Waals surface area contributed by atoms with Gasteiger partial charge in [-0.15, -0.1) is 0 Å². The molecule has 5 heteroatoms. The third-order valence-electron chi connectivity index (χ3n) is 1.69. The van der Waals surface area contributed by atoms with E-state index in [4.69, 9.17) is 0 Å². The molecule has 0 spiro atoms. The number of carbonyl (C=O) groups excluding carboxylic acids is 2. The summed E-state index contributed by atoms with van der Waals surface area (Å²) in [6.45, 7) is 5.99. The van der Waals surface area contributed by atoms with E-state index in [2.05, 4.69) is 12.2 Å². The minimum atomic E-state index is 0.0187. The smallest absolute Gasteiger partial charge is 0.216 e. The fourth-order valence-electron chi connectivity index (χ4n) is 0.888. The van der Waals surface area contributed by atoms with Gasteiger partial charge in [-0.3, -0.25) is 4.79 Å². The van der Waals surface area contributed by atoms with Crippen LogP contribution in [0, 0.1) is 0 Å². The fraction of sp³-hybridized carbons (Fsp3) is 0.800. The summed E-state index contributed by atoms with van der Waals surface area (Å²) in [7, 11) is 3.53. The molecule has 0 fully saturated rings. The molecule has 0 aliphatic carbocycles. The van der Waals surface area contributed by atoms with E-state index in [1.807, 2.05) is 0 Å². The molecule has 1 N–H and O–H groups in total. The van der Waals surface area contributed by atoms with Crippen LogP contribution in [0.15, 0.2) is 0 Å². The second-order valence-electron chi connectivity index (χ2n) is 3.45. The Bertz CT molecular complexity index is 210. The van der Waals surface area contributed by atoms with Crippen LogP contribution in [0.4, 0.5) is 0 Å². The number of ketones is 1. The van der Waals surface area contributed by atoms with E-state index < -0.39 is 0 Å². The molecule has 0 bridgehead atoms. The first kappa shape index (κ1) is 14.8. The van der Waals surface area contributed by atoms with Crippen molar-refractivity contribution in [3.05, 3.63) is 0 Å². The molecule has 0 saturated carbocycles. The Labute approximate surface area is 99.5 Å². The third kappa shape index (κ3) is 11.8. The van der Waals surface area contributed by atoms with Crippen LogP contribution in [0.5, 0.6) is 0 Å². The molecular weight excluding hydrogens is 230 g/mol. The Morgan fingerprint density at radius 2 is 2.00 bits per heavy atom. The van der Waals surface area contributed by atoms with Crippen LogP contribution in [-0.2, 0) is 9.59 Å². The molecule has 0 aromatic heterocycles. The highest BCUT2D eigenvalue weighted by atomic mass is 33.1. The van der Waals surface area contributed by atoms with Crippen LogP contribution < -0.4 is 5.32 Å². The van der Waals surface area contributed by atoms with Gasteiger partial charge >= 0.3 is 0 Å². The number of carbonyl (C=O) groups is 2. The van der Waals surface area contributed by atoms with Crippen LogP contribution in [0.1, 0.15) is 33.6 Å². The van der Waals surface area contributed by atoms with E-state index >= 15 is 0 Å². The van der Waals surface area contributed by atoms with Crippen molar-refractivity contribution in [3.8, 4) is 0 Å². The van der Waals surface area contributed by atoms with Gasteiger partial charge in [0.15, 0.2) is 0 Å². The van der Waals surface area contributed by atoms with E-state index in [9.17, 15) is 9.59 Å². The zero-order chi connectivity index (χ0) is 11.7. The lowest BCUT2D eigenvalue weighted by Gasteiger charge is -2.08. The van der Waals surface area contributed by atoms with Crippen molar-refractivity contribution in [2.75, 3.05) is 12.3 Å². The van der Waals surface area contributed by atoms with Gasteiger partial charge in [0.25, 0.3) is 0 Å². The van der Waals surface area contributed by atoms with Crippen LogP contribution in [0.3, 0.4) is 0 Å². The van der Waals surface area contributed by atoms with Crippen molar-refractivity contribution >= 4 is 33.3 Å². The predicted octanol–water partition coefficient (Wildman–Crippen LogP) is 2.26. The first-order valence-electron chi connectivity index (χ1n) is 5.04. The summed E-state index contributed by atoms with van der Waals surface area (Å²) in [5.41, 5.74) is 0.